The van der Waals surface area contributed by atoms with E-state index in [1.165, 1.54) is 4.90 Å². The van der Waals surface area contributed by atoms with E-state index in [1.807, 2.05) is 12.1 Å². The first kappa shape index (κ1) is 21.7. The molecule has 0 bridgehead atoms. The smallest absolute Gasteiger partial charge is 0.290 e. The number of carbonyl (C=O) groups excluding carboxylic acids is 2. The maximum absolute atomic E-state index is 13.6. The third-order valence-corrected chi connectivity index (χ3v) is 5.97. The highest BCUT2D eigenvalue weighted by Crippen LogP contribution is 2.40. The molecule has 170 valence electrons. The summed E-state index contributed by atoms with van der Waals surface area (Å²) in [6.45, 7) is 0.145. The number of hydrogen-bond donors (Lipinski definition) is 1. The van der Waals surface area contributed by atoms with Crippen LogP contribution >= 0.6 is 11.6 Å². The van der Waals surface area contributed by atoms with Crippen LogP contribution in [-0.4, -0.2) is 33.8 Å². The van der Waals surface area contributed by atoms with Crippen molar-refractivity contribution in [3.8, 4) is 5.75 Å². The first-order valence-corrected chi connectivity index (χ1v) is 10.8. The van der Waals surface area contributed by atoms with Crippen LogP contribution in [0.15, 0.2) is 88.8 Å². The molecule has 0 radical (unpaired) electrons. The Morgan fingerprint density at radius 2 is 2.03 bits per heavy atom. The van der Waals surface area contributed by atoms with Gasteiger partial charge in [0.25, 0.3) is 5.91 Å². The third-order valence-electron chi connectivity index (χ3n) is 5.74. The Morgan fingerprint density at radius 3 is 2.79 bits per heavy atom. The second-order valence-electron chi connectivity index (χ2n) is 7.86. The highest BCUT2D eigenvalue weighted by Gasteiger charge is 2.44. The molecular weight excluding hydrogens is 456 g/mol. The van der Waals surface area contributed by atoms with Crippen molar-refractivity contribution in [1.29, 1.82) is 0 Å². The number of amides is 1. The van der Waals surface area contributed by atoms with Crippen molar-refractivity contribution in [2.24, 2.45) is 0 Å². The Hall–Kier alpha value is -4.10. The minimum absolute atomic E-state index is 0.00346. The summed E-state index contributed by atoms with van der Waals surface area (Å²) >= 11 is 6.05. The topological polar surface area (TPSA) is 92.9 Å². The Labute approximate surface area is 199 Å². The summed E-state index contributed by atoms with van der Waals surface area (Å²) in [4.78, 5) is 32.3. The van der Waals surface area contributed by atoms with Crippen molar-refractivity contribution in [1.82, 2.24) is 9.88 Å². The maximum atomic E-state index is 13.6. The molecule has 1 aliphatic rings. The van der Waals surface area contributed by atoms with Crippen molar-refractivity contribution in [2.75, 3.05) is 7.11 Å². The predicted octanol–water partition coefficient (Wildman–Crippen LogP) is 5.27. The van der Waals surface area contributed by atoms with Gasteiger partial charge in [-0.1, -0.05) is 29.8 Å². The van der Waals surface area contributed by atoms with Crippen molar-refractivity contribution in [2.45, 2.75) is 12.6 Å². The normalized spacial score (nSPS) is 15.9. The number of aromatic nitrogens is 1. The van der Waals surface area contributed by atoms with Gasteiger partial charge in [0, 0.05) is 29.3 Å². The van der Waals surface area contributed by atoms with E-state index >= 15 is 0 Å². The van der Waals surface area contributed by atoms with Gasteiger partial charge in [0.05, 0.1) is 18.7 Å². The molecule has 0 spiro atoms. The van der Waals surface area contributed by atoms with Crippen LogP contribution in [0.3, 0.4) is 0 Å². The van der Waals surface area contributed by atoms with Gasteiger partial charge in [0.1, 0.15) is 11.3 Å². The quantitative estimate of drug-likeness (QED) is 0.383. The van der Waals surface area contributed by atoms with Gasteiger partial charge in [-0.05, 0) is 53.6 Å². The summed E-state index contributed by atoms with van der Waals surface area (Å²) in [5, 5.41) is 12.0. The molecule has 7 nitrogen and oxygen atoms in total. The van der Waals surface area contributed by atoms with Crippen LogP contribution in [0.4, 0.5) is 0 Å². The second kappa shape index (κ2) is 8.68. The third kappa shape index (κ3) is 3.80. The number of hydrogen-bond acceptors (Lipinski definition) is 6. The zero-order chi connectivity index (χ0) is 23.8. The highest BCUT2D eigenvalue weighted by molar-refractivity contribution is 6.31. The van der Waals surface area contributed by atoms with Gasteiger partial charge >= 0.3 is 0 Å². The molecule has 0 saturated heterocycles. The SMILES string of the molecule is COc1cccc(CN2C(=O)C(O)=C(C(=O)c3cc4cc(Cl)ccc4o3)C2c2cccnc2)c1. The zero-order valence-electron chi connectivity index (χ0n) is 18.1. The number of benzene rings is 2. The van der Waals surface area contributed by atoms with Gasteiger partial charge < -0.3 is 19.2 Å². The number of fused-ring (bicyclic) bond motifs is 1. The average Bonchev–Trinajstić information content (AvgIpc) is 3.38. The molecule has 5 rings (SSSR count). The number of pyridine rings is 1. The molecule has 1 atom stereocenters. The molecule has 1 amide bonds. The molecule has 8 heteroatoms. The molecule has 4 aromatic rings. The standard InChI is InChI=1S/C26H19ClN2O5/c1-33-19-6-2-4-15(10-19)14-29-23(16-5-3-9-28-13-16)22(25(31)26(29)32)24(30)21-12-17-11-18(27)7-8-20(17)34-21/h2-13,23,31H,14H2,1H3. The number of ether oxygens (including phenoxy) is 1. The fraction of sp³-hybridized carbons (Fsp3) is 0.115. The van der Waals surface area contributed by atoms with Gasteiger partial charge in [0.2, 0.25) is 5.78 Å². The number of carbonyl (C=O) groups is 2. The molecule has 0 saturated carbocycles. The van der Waals surface area contributed by atoms with Gasteiger partial charge in [-0.25, -0.2) is 0 Å². The Morgan fingerprint density at radius 1 is 1.18 bits per heavy atom. The van der Waals surface area contributed by atoms with E-state index < -0.39 is 23.5 Å². The van der Waals surface area contributed by atoms with Crippen LogP contribution in [0.25, 0.3) is 11.0 Å². The van der Waals surface area contributed by atoms with Crippen molar-refractivity contribution >= 4 is 34.3 Å². The minimum atomic E-state index is -0.850. The first-order valence-electron chi connectivity index (χ1n) is 10.5. The number of Topliss-reactive ketones (excluding diaryl/α,β-unsaturated/α-hetero) is 1. The fourth-order valence-corrected chi connectivity index (χ4v) is 4.34. The highest BCUT2D eigenvalue weighted by atomic mass is 35.5. The van der Waals surface area contributed by atoms with E-state index in [9.17, 15) is 14.7 Å². The summed E-state index contributed by atoms with van der Waals surface area (Å²) in [5.74, 6) is -1.21. The van der Waals surface area contributed by atoms with E-state index in [0.29, 0.717) is 27.3 Å². The molecule has 2 aromatic heterocycles. The minimum Gasteiger partial charge on any atom is -0.503 e. The number of halogens is 1. The van der Waals surface area contributed by atoms with Crippen LogP contribution in [-0.2, 0) is 11.3 Å². The summed E-state index contributed by atoms with van der Waals surface area (Å²) in [6, 6.07) is 16.4. The number of ketones is 1. The molecule has 1 unspecified atom stereocenters. The Kier molecular flexibility index (Phi) is 5.55. The van der Waals surface area contributed by atoms with Crippen molar-refractivity contribution in [3.05, 3.63) is 106 Å². The van der Waals surface area contributed by atoms with Crippen LogP contribution < -0.4 is 4.74 Å². The lowest BCUT2D eigenvalue weighted by atomic mass is 9.96. The van der Waals surface area contributed by atoms with Crippen LogP contribution in [0.2, 0.25) is 5.02 Å². The Balaban J connectivity index is 1.58. The number of furan rings is 1. The molecule has 1 aliphatic heterocycles. The predicted molar refractivity (Wildman–Crippen MR) is 126 cm³/mol. The number of aliphatic hydroxyl groups is 1. The molecule has 2 aromatic carbocycles. The Bertz CT molecular complexity index is 1440. The summed E-state index contributed by atoms with van der Waals surface area (Å²) in [7, 11) is 1.56. The molecule has 0 aliphatic carbocycles. The molecule has 1 N–H and O–H groups in total. The number of aliphatic hydroxyl groups excluding tert-OH is 1. The van der Waals surface area contributed by atoms with Crippen LogP contribution in [0, 0.1) is 0 Å². The van der Waals surface area contributed by atoms with Gasteiger partial charge in [-0.15, -0.1) is 0 Å². The lowest BCUT2D eigenvalue weighted by molar-refractivity contribution is -0.130. The number of methoxy groups -OCH3 is 1. The summed E-state index contributed by atoms with van der Waals surface area (Å²) < 4.78 is 11.0. The van der Waals surface area contributed by atoms with E-state index in [2.05, 4.69) is 4.98 Å². The fourth-order valence-electron chi connectivity index (χ4n) is 4.16. The van der Waals surface area contributed by atoms with Crippen molar-refractivity contribution < 1.29 is 23.8 Å². The molecule has 0 fully saturated rings. The van der Waals surface area contributed by atoms with E-state index in [0.717, 1.165) is 5.56 Å². The average molecular weight is 475 g/mol. The summed E-state index contributed by atoms with van der Waals surface area (Å²) in [6.07, 6.45) is 3.17. The van der Waals surface area contributed by atoms with E-state index in [-0.39, 0.29) is 17.9 Å². The van der Waals surface area contributed by atoms with Crippen molar-refractivity contribution in [3.63, 3.8) is 0 Å². The van der Waals surface area contributed by atoms with E-state index in [4.69, 9.17) is 20.8 Å². The lowest BCUT2D eigenvalue weighted by Crippen LogP contribution is -2.30. The monoisotopic (exact) mass is 474 g/mol. The largest absolute Gasteiger partial charge is 0.503 e. The van der Waals surface area contributed by atoms with Gasteiger partial charge in [-0.3, -0.25) is 14.6 Å². The summed E-state index contributed by atoms with van der Waals surface area (Å²) in [5.41, 5.74) is 1.78. The van der Waals surface area contributed by atoms with Crippen LogP contribution in [0.1, 0.15) is 27.7 Å². The lowest BCUT2D eigenvalue weighted by Gasteiger charge is -2.26. The second-order valence-corrected chi connectivity index (χ2v) is 8.29. The number of nitrogens with zero attached hydrogens (tertiary/aromatic N) is 2. The first-order chi connectivity index (χ1) is 16.5. The number of rotatable bonds is 6. The molecular formula is C26H19ClN2O5. The van der Waals surface area contributed by atoms with Crippen LogP contribution in [0.5, 0.6) is 5.75 Å². The zero-order valence-corrected chi connectivity index (χ0v) is 18.8. The van der Waals surface area contributed by atoms with Gasteiger partial charge in [0.15, 0.2) is 11.5 Å². The molecule has 3 heterocycles. The molecule has 34 heavy (non-hydrogen) atoms. The van der Waals surface area contributed by atoms with Gasteiger partial charge in [-0.2, -0.15) is 0 Å². The van der Waals surface area contributed by atoms with E-state index in [1.54, 1.807) is 68.0 Å². The maximum Gasteiger partial charge on any atom is 0.290 e.